The van der Waals surface area contributed by atoms with Gasteiger partial charge in [0.2, 0.25) is 0 Å². The summed E-state index contributed by atoms with van der Waals surface area (Å²) < 4.78 is 49.4. The molecule has 5 N–H and O–H groups in total. The van der Waals surface area contributed by atoms with Gasteiger partial charge in [-0.2, -0.15) is 4.98 Å². The van der Waals surface area contributed by atoms with Gasteiger partial charge in [-0.3, -0.25) is 19.8 Å². The van der Waals surface area contributed by atoms with Crippen molar-refractivity contribution in [1.29, 1.82) is 0 Å². The van der Waals surface area contributed by atoms with E-state index in [0.717, 1.165) is 49.6 Å². The fraction of sp³-hybridized carbons (Fsp3) is 0.509. The molecule has 0 bridgehead atoms. The van der Waals surface area contributed by atoms with Gasteiger partial charge in [-0.25, -0.2) is 13.1 Å². The molecule has 2 aliphatic carbocycles. The van der Waals surface area contributed by atoms with Crippen LogP contribution in [-0.4, -0.2) is 102 Å². The van der Waals surface area contributed by atoms with Crippen LogP contribution in [0.4, 0.5) is 17.1 Å². The fourth-order valence-electron chi connectivity index (χ4n) is 12.1. The zero-order valence-corrected chi connectivity index (χ0v) is 41.4. The monoisotopic (exact) mass is 988 g/mol. The summed E-state index contributed by atoms with van der Waals surface area (Å²) in [5, 5.41) is 30.2. The van der Waals surface area contributed by atoms with Crippen LogP contribution in [0, 0.1) is 21.4 Å². The van der Waals surface area contributed by atoms with Gasteiger partial charge in [0, 0.05) is 73.7 Å². The molecule has 11 rings (SSSR count). The number of hydrogen-bond acceptors (Lipinski definition) is 14. The Labute approximate surface area is 414 Å². The second kappa shape index (κ2) is 18.6. The molecule has 1 spiro atoms. The van der Waals surface area contributed by atoms with Crippen molar-refractivity contribution >= 4 is 44.0 Å². The van der Waals surface area contributed by atoms with Crippen LogP contribution in [0.15, 0.2) is 77.8 Å². The number of pyridine rings is 1. The first-order valence-corrected chi connectivity index (χ1v) is 26.9. The molecule has 18 heteroatoms. The first-order valence-electron chi connectivity index (χ1n) is 25.4. The molecule has 376 valence electrons. The third kappa shape index (κ3) is 9.39. The van der Waals surface area contributed by atoms with Crippen LogP contribution < -0.4 is 34.5 Å². The van der Waals surface area contributed by atoms with E-state index in [1.165, 1.54) is 42.9 Å². The molecule has 5 aromatic rings. The topological polar surface area (TPSA) is 214 Å². The predicted molar refractivity (Wildman–Crippen MR) is 269 cm³/mol. The fourth-order valence-corrected chi connectivity index (χ4v) is 13.1. The zero-order valence-electron chi connectivity index (χ0n) is 40.6. The maximum Gasteiger partial charge on any atom is 0.297 e. The maximum atomic E-state index is 14.4. The first-order chi connectivity index (χ1) is 34.1. The number of likely N-dealkylation sites (tertiary alicyclic amines) is 1. The van der Waals surface area contributed by atoms with Crippen molar-refractivity contribution in [2.45, 2.75) is 126 Å². The van der Waals surface area contributed by atoms with Crippen LogP contribution in [0.5, 0.6) is 23.1 Å². The molecule has 2 saturated carbocycles. The number of nitro benzene ring substituents is 1. The molecule has 71 heavy (non-hydrogen) atoms. The number of aliphatic hydroxyl groups is 1. The summed E-state index contributed by atoms with van der Waals surface area (Å²) >= 11 is 0. The lowest BCUT2D eigenvalue weighted by Gasteiger charge is -2.56. The normalized spacial score (nSPS) is 24.7. The Morgan fingerprint density at radius 3 is 2.49 bits per heavy atom. The summed E-state index contributed by atoms with van der Waals surface area (Å²) in [6.45, 7) is 10.5. The number of fused-ring (bicyclic) bond motifs is 2. The second-order valence-electron chi connectivity index (χ2n) is 21.5. The Bertz CT molecular complexity index is 2950. The van der Waals surface area contributed by atoms with Crippen molar-refractivity contribution in [3.05, 3.63) is 99.7 Å². The van der Waals surface area contributed by atoms with Crippen LogP contribution in [0.25, 0.3) is 11.0 Å². The van der Waals surface area contributed by atoms with E-state index in [2.05, 4.69) is 68.3 Å². The predicted octanol–water partition coefficient (Wildman–Crippen LogP) is 8.56. The smallest absolute Gasteiger partial charge is 0.297 e. The maximum absolute atomic E-state index is 14.4. The Hall–Kier alpha value is -5.95. The molecule has 17 nitrogen and oxygen atoms in total. The number of nitrogens with zero attached hydrogens (tertiary/aromatic N) is 4. The minimum atomic E-state index is -4.71. The molecule has 6 aliphatic rings. The van der Waals surface area contributed by atoms with E-state index in [-0.39, 0.29) is 64.5 Å². The minimum absolute atomic E-state index is 0.00492. The number of nitrogens with one attached hydrogen (secondary N) is 4. The summed E-state index contributed by atoms with van der Waals surface area (Å²) in [5.74, 6) is 0.142. The molecule has 0 radical (unpaired) electrons. The van der Waals surface area contributed by atoms with Crippen molar-refractivity contribution in [3.63, 3.8) is 0 Å². The molecule has 2 aromatic heterocycles. The zero-order chi connectivity index (χ0) is 49.2. The van der Waals surface area contributed by atoms with Crippen molar-refractivity contribution in [3.8, 4) is 23.1 Å². The highest BCUT2D eigenvalue weighted by Gasteiger charge is 2.50. The van der Waals surface area contributed by atoms with Gasteiger partial charge < -0.3 is 39.8 Å². The molecule has 1 amide bonds. The SMILES string of the molecule is CC(C)c1ccccc1[C@H]1CCCN1C1CC2(CCN(c3ccc(C(=O)NS(=O)(=O)c4cc5c(c([N+](=O)[O-])c4)N[C@@H](C4CCC(C)(O)CC4)CO5)c(Oc4cc5cc[nH]c5nc4OC4CNC4)c3)CC2)C1. The summed E-state index contributed by atoms with van der Waals surface area (Å²) in [6, 6.07) is 20.7. The van der Waals surface area contributed by atoms with E-state index in [4.69, 9.17) is 19.2 Å². The molecule has 3 saturated heterocycles. The van der Waals surface area contributed by atoms with Crippen molar-refractivity contribution in [2.75, 3.05) is 49.5 Å². The van der Waals surface area contributed by atoms with E-state index in [0.29, 0.717) is 62.4 Å². The number of hydrogen-bond donors (Lipinski definition) is 5. The molecule has 0 unspecified atom stereocenters. The molecule has 2 atom stereocenters. The molecule has 5 fully saturated rings. The number of rotatable bonds is 13. The third-order valence-corrected chi connectivity index (χ3v) is 17.7. The van der Waals surface area contributed by atoms with Gasteiger partial charge in [-0.1, -0.05) is 38.1 Å². The van der Waals surface area contributed by atoms with E-state index in [9.17, 15) is 28.4 Å². The standard InChI is InChI=1S/C53H64N8O9S/c1-32(2)39-7-4-5-8-40(39)43-9-6-20-60(43)36-27-53(28-36)17-21-59(22-18-53)35-10-11-41(45(24-35)70-47-23-34-14-19-55-49(34)57-51(47)69-37-29-54-30-37)50(62)58-71(66,67)38-25-44(61(64)65)48-46(26-38)68-31-42(56-48)33-12-15-52(3,63)16-13-33/h4-5,7-8,10-11,14,19,23-26,32-33,36-37,42-43,54,56,63H,6,9,12-13,15-18,20-22,27-31H2,1-3H3,(H,55,57)(H,58,62)/t33?,42-,43-,52?/m1/s1. The number of sulfonamides is 1. The highest BCUT2D eigenvalue weighted by molar-refractivity contribution is 7.90. The number of ether oxygens (including phenoxy) is 3. The second-order valence-corrected chi connectivity index (χ2v) is 23.2. The number of piperidine rings is 1. The van der Waals surface area contributed by atoms with Gasteiger partial charge in [0.15, 0.2) is 17.2 Å². The summed E-state index contributed by atoms with van der Waals surface area (Å²) in [4.78, 5) is 38.6. The molecular formula is C53H64N8O9S. The highest BCUT2D eigenvalue weighted by Crippen LogP contribution is 2.54. The molecule has 3 aromatic carbocycles. The molecule has 6 heterocycles. The van der Waals surface area contributed by atoms with Crippen molar-refractivity contribution in [1.82, 2.24) is 24.9 Å². The van der Waals surface area contributed by atoms with Gasteiger partial charge in [0.05, 0.1) is 27.0 Å². The van der Waals surface area contributed by atoms with Crippen LogP contribution in [0.1, 0.15) is 118 Å². The number of anilines is 2. The van der Waals surface area contributed by atoms with Crippen LogP contribution in [0.2, 0.25) is 0 Å². The number of carbonyl (C=O) groups excluding carboxylic acids is 1. The largest absolute Gasteiger partial charge is 0.489 e. The summed E-state index contributed by atoms with van der Waals surface area (Å²) in [7, 11) is -4.71. The summed E-state index contributed by atoms with van der Waals surface area (Å²) in [5.41, 5.74) is 3.38. The number of H-pyrrole nitrogens is 1. The highest BCUT2D eigenvalue weighted by atomic mass is 32.2. The Morgan fingerprint density at radius 2 is 1.76 bits per heavy atom. The van der Waals surface area contributed by atoms with E-state index >= 15 is 0 Å². The Kier molecular flexibility index (Phi) is 12.4. The Balaban J connectivity index is 0.837. The van der Waals surface area contributed by atoms with Gasteiger partial charge in [-0.05, 0) is 130 Å². The van der Waals surface area contributed by atoms with Crippen LogP contribution in [-0.2, 0) is 10.0 Å². The third-order valence-electron chi connectivity index (χ3n) is 16.4. The number of nitro groups is 1. The molecule has 4 aliphatic heterocycles. The number of amides is 1. The van der Waals surface area contributed by atoms with E-state index in [1.807, 2.05) is 19.1 Å². The average molecular weight is 989 g/mol. The van der Waals surface area contributed by atoms with Crippen molar-refractivity contribution in [2.24, 2.45) is 11.3 Å². The van der Waals surface area contributed by atoms with E-state index in [1.54, 1.807) is 24.4 Å². The summed E-state index contributed by atoms with van der Waals surface area (Å²) in [6.07, 6.45) is 11.0. The number of benzene rings is 3. The van der Waals surface area contributed by atoms with Crippen LogP contribution >= 0.6 is 0 Å². The number of carbonyl (C=O) groups is 1. The lowest BCUT2D eigenvalue weighted by atomic mass is 9.59. The van der Waals surface area contributed by atoms with Gasteiger partial charge in [-0.15, -0.1) is 0 Å². The van der Waals surface area contributed by atoms with Gasteiger partial charge in [0.1, 0.15) is 24.1 Å². The van der Waals surface area contributed by atoms with Gasteiger partial charge >= 0.3 is 0 Å². The first kappa shape index (κ1) is 47.4. The minimum Gasteiger partial charge on any atom is -0.489 e. The quantitative estimate of drug-likeness (QED) is 0.0553. The van der Waals surface area contributed by atoms with Crippen molar-refractivity contribution < 1.29 is 37.5 Å². The van der Waals surface area contributed by atoms with Crippen LogP contribution in [0.3, 0.4) is 0 Å². The molecular weight excluding hydrogens is 925 g/mol. The lowest BCUT2D eigenvalue weighted by Crippen LogP contribution is -2.54. The number of aromatic nitrogens is 2. The Morgan fingerprint density at radius 1 is 0.986 bits per heavy atom. The average Bonchev–Trinajstić information content (AvgIpc) is 4.01. The van der Waals surface area contributed by atoms with E-state index < -0.39 is 37.0 Å². The van der Waals surface area contributed by atoms with Gasteiger partial charge in [0.25, 0.3) is 27.5 Å². The number of aromatic amines is 1. The lowest BCUT2D eigenvalue weighted by molar-refractivity contribution is -0.384.